The molecule has 168 valence electrons. The maximum atomic E-state index is 13.8. The Kier molecular flexibility index (Phi) is 6.61. The molecule has 3 aromatic rings. The second-order valence-electron chi connectivity index (χ2n) is 8.71. The minimum atomic E-state index is 0.0421. The van der Waals surface area contributed by atoms with E-state index >= 15 is 0 Å². The van der Waals surface area contributed by atoms with Gasteiger partial charge in [0.25, 0.3) is 5.91 Å². The number of hydrogen-bond acceptors (Lipinski definition) is 4. The Morgan fingerprint density at radius 1 is 1.19 bits per heavy atom. The molecule has 1 fully saturated rings. The van der Waals surface area contributed by atoms with Crippen molar-refractivity contribution in [3.63, 3.8) is 0 Å². The summed E-state index contributed by atoms with van der Waals surface area (Å²) in [5.41, 5.74) is 5.90. The molecule has 1 aromatic carbocycles. The van der Waals surface area contributed by atoms with Gasteiger partial charge in [-0.1, -0.05) is 12.1 Å². The lowest BCUT2D eigenvalue weighted by molar-refractivity contribution is 0.0506. The maximum absolute atomic E-state index is 13.8. The summed E-state index contributed by atoms with van der Waals surface area (Å²) in [6.07, 6.45) is 5.73. The molecule has 0 N–H and O–H groups in total. The number of carbonyl (C=O) groups is 1. The zero-order valence-corrected chi connectivity index (χ0v) is 19.4. The summed E-state index contributed by atoms with van der Waals surface area (Å²) in [6.45, 7) is 5.97. The van der Waals surface area contributed by atoms with E-state index in [-0.39, 0.29) is 12.0 Å². The zero-order valence-electron chi connectivity index (χ0n) is 19.4. The SMILES string of the molecule is Cc1cc(C(=O)N(Cc2ccc(N(C)C)cc2)CC2CCCO2)c(C)n1-c1cccnc1. The van der Waals surface area contributed by atoms with Crippen LogP contribution in [0.1, 0.15) is 40.2 Å². The van der Waals surface area contributed by atoms with E-state index in [9.17, 15) is 4.79 Å². The number of amides is 1. The number of aromatic nitrogens is 2. The van der Waals surface area contributed by atoms with Crippen LogP contribution in [0, 0.1) is 13.8 Å². The lowest BCUT2D eigenvalue weighted by Gasteiger charge is -2.26. The molecule has 4 rings (SSSR count). The van der Waals surface area contributed by atoms with Gasteiger partial charge in [0.1, 0.15) is 0 Å². The first-order valence-corrected chi connectivity index (χ1v) is 11.2. The quantitative estimate of drug-likeness (QED) is 0.556. The molecule has 0 aliphatic carbocycles. The highest BCUT2D eigenvalue weighted by molar-refractivity contribution is 5.96. The van der Waals surface area contributed by atoms with E-state index in [0.717, 1.165) is 53.3 Å². The minimum Gasteiger partial charge on any atom is -0.378 e. The van der Waals surface area contributed by atoms with Crippen LogP contribution in [0.5, 0.6) is 0 Å². The van der Waals surface area contributed by atoms with Crippen LogP contribution in [0.4, 0.5) is 5.69 Å². The fourth-order valence-electron chi connectivity index (χ4n) is 4.41. The third-order valence-electron chi connectivity index (χ3n) is 6.13. The van der Waals surface area contributed by atoms with Crippen molar-refractivity contribution >= 4 is 11.6 Å². The molecule has 1 amide bonds. The Morgan fingerprint density at radius 2 is 1.97 bits per heavy atom. The van der Waals surface area contributed by atoms with Crippen molar-refractivity contribution in [2.24, 2.45) is 0 Å². The molecule has 0 saturated carbocycles. The predicted octanol–water partition coefficient (Wildman–Crippen LogP) is 4.38. The van der Waals surface area contributed by atoms with Gasteiger partial charge in [0, 0.05) is 57.1 Å². The van der Waals surface area contributed by atoms with Gasteiger partial charge in [-0.2, -0.15) is 0 Å². The third-order valence-corrected chi connectivity index (χ3v) is 6.13. The number of anilines is 1. The monoisotopic (exact) mass is 432 g/mol. The second kappa shape index (κ2) is 9.57. The molecule has 32 heavy (non-hydrogen) atoms. The number of benzene rings is 1. The minimum absolute atomic E-state index is 0.0421. The average molecular weight is 433 g/mol. The Hall–Kier alpha value is -3.12. The number of carbonyl (C=O) groups excluding carboxylic acids is 1. The first-order valence-electron chi connectivity index (χ1n) is 11.2. The zero-order chi connectivity index (χ0) is 22.7. The molecule has 1 aliphatic rings. The standard InChI is InChI=1S/C26H32N4O2/c1-19-15-25(20(2)30(19)23-7-5-13-27-16-23)26(31)29(18-24-8-6-14-32-24)17-21-9-11-22(12-10-21)28(3)4/h5,7,9-13,15-16,24H,6,8,14,17-18H2,1-4H3. The molecule has 1 unspecified atom stereocenters. The Balaban J connectivity index is 1.62. The third kappa shape index (κ3) is 4.70. The predicted molar refractivity (Wildman–Crippen MR) is 128 cm³/mol. The van der Waals surface area contributed by atoms with Crippen molar-refractivity contribution in [1.82, 2.24) is 14.5 Å². The summed E-state index contributed by atoms with van der Waals surface area (Å²) in [4.78, 5) is 22.0. The van der Waals surface area contributed by atoms with Crippen molar-refractivity contribution in [2.75, 3.05) is 32.1 Å². The molecular formula is C26H32N4O2. The average Bonchev–Trinajstić information content (AvgIpc) is 3.41. The molecule has 1 saturated heterocycles. The number of nitrogens with zero attached hydrogens (tertiary/aromatic N) is 4. The Labute approximate surface area is 190 Å². The van der Waals surface area contributed by atoms with E-state index in [2.05, 4.69) is 38.7 Å². The second-order valence-corrected chi connectivity index (χ2v) is 8.71. The van der Waals surface area contributed by atoms with Crippen LogP contribution < -0.4 is 4.90 Å². The van der Waals surface area contributed by atoms with Crippen molar-refractivity contribution in [1.29, 1.82) is 0 Å². The van der Waals surface area contributed by atoms with Gasteiger partial charge < -0.3 is 19.1 Å². The molecule has 0 bridgehead atoms. The molecule has 0 spiro atoms. The fraction of sp³-hybridized carbons (Fsp3) is 0.385. The van der Waals surface area contributed by atoms with Crippen LogP contribution in [-0.2, 0) is 11.3 Å². The highest BCUT2D eigenvalue weighted by atomic mass is 16.5. The normalized spacial score (nSPS) is 15.7. The van der Waals surface area contributed by atoms with E-state index in [4.69, 9.17) is 4.74 Å². The highest BCUT2D eigenvalue weighted by Crippen LogP contribution is 2.24. The van der Waals surface area contributed by atoms with Gasteiger partial charge in [-0.3, -0.25) is 9.78 Å². The van der Waals surface area contributed by atoms with Gasteiger partial charge in [0.2, 0.25) is 0 Å². The topological polar surface area (TPSA) is 50.6 Å². The van der Waals surface area contributed by atoms with Crippen LogP contribution in [0.3, 0.4) is 0 Å². The molecule has 3 heterocycles. The van der Waals surface area contributed by atoms with Crippen LogP contribution in [0.25, 0.3) is 5.69 Å². The summed E-state index contributed by atoms with van der Waals surface area (Å²) < 4.78 is 7.97. The van der Waals surface area contributed by atoms with Crippen molar-refractivity contribution in [3.05, 3.63) is 77.4 Å². The summed E-state index contributed by atoms with van der Waals surface area (Å²) in [5, 5.41) is 0. The molecule has 6 heteroatoms. The van der Waals surface area contributed by atoms with Crippen molar-refractivity contribution in [3.8, 4) is 5.69 Å². The van der Waals surface area contributed by atoms with E-state index < -0.39 is 0 Å². The molecule has 1 aliphatic heterocycles. The summed E-state index contributed by atoms with van der Waals surface area (Å²) in [7, 11) is 4.06. The molecule has 2 aromatic heterocycles. The van der Waals surface area contributed by atoms with Crippen molar-refractivity contribution in [2.45, 2.75) is 39.3 Å². The first kappa shape index (κ1) is 22.1. The maximum Gasteiger partial charge on any atom is 0.256 e. The van der Waals surface area contributed by atoms with Gasteiger partial charge in [0.05, 0.1) is 23.6 Å². The van der Waals surface area contributed by atoms with Crippen molar-refractivity contribution < 1.29 is 9.53 Å². The summed E-state index contributed by atoms with van der Waals surface area (Å²) in [6, 6.07) is 14.3. The number of aryl methyl sites for hydroxylation is 1. The van der Waals surface area contributed by atoms with Gasteiger partial charge >= 0.3 is 0 Å². The summed E-state index contributed by atoms with van der Waals surface area (Å²) >= 11 is 0. The van der Waals surface area contributed by atoms with E-state index in [1.807, 2.05) is 57.2 Å². The number of pyridine rings is 1. The molecule has 0 radical (unpaired) electrons. The number of rotatable bonds is 7. The van der Waals surface area contributed by atoms with Gasteiger partial charge in [0.15, 0.2) is 0 Å². The van der Waals surface area contributed by atoms with Gasteiger partial charge in [-0.25, -0.2) is 0 Å². The fourth-order valence-corrected chi connectivity index (χ4v) is 4.41. The highest BCUT2D eigenvalue weighted by Gasteiger charge is 2.26. The van der Waals surface area contributed by atoms with Crippen LogP contribution in [0.15, 0.2) is 54.9 Å². The number of hydrogen-bond donors (Lipinski definition) is 0. The van der Waals surface area contributed by atoms with Crippen LogP contribution in [0.2, 0.25) is 0 Å². The first-order chi connectivity index (χ1) is 15.4. The molecule has 1 atom stereocenters. The Morgan fingerprint density at radius 3 is 2.59 bits per heavy atom. The van der Waals surface area contributed by atoms with Crippen LogP contribution >= 0.6 is 0 Å². The van der Waals surface area contributed by atoms with Gasteiger partial charge in [-0.05, 0) is 62.6 Å². The van der Waals surface area contributed by atoms with E-state index in [1.54, 1.807) is 6.20 Å². The summed E-state index contributed by atoms with van der Waals surface area (Å²) in [5.74, 6) is 0.0421. The largest absolute Gasteiger partial charge is 0.378 e. The molecule has 6 nitrogen and oxygen atoms in total. The van der Waals surface area contributed by atoms with Crippen LogP contribution in [-0.4, -0.2) is 53.7 Å². The van der Waals surface area contributed by atoms with E-state index in [1.165, 1.54) is 0 Å². The Bertz CT molecular complexity index is 1050. The molecular weight excluding hydrogens is 400 g/mol. The smallest absolute Gasteiger partial charge is 0.256 e. The lowest BCUT2D eigenvalue weighted by Crippen LogP contribution is -2.37. The van der Waals surface area contributed by atoms with E-state index in [0.29, 0.717) is 13.1 Å². The lowest BCUT2D eigenvalue weighted by atomic mass is 10.1. The number of ether oxygens (including phenoxy) is 1. The van der Waals surface area contributed by atoms with Gasteiger partial charge in [-0.15, -0.1) is 0 Å².